The van der Waals surface area contributed by atoms with E-state index in [4.69, 9.17) is 9.84 Å². The first kappa shape index (κ1) is 11.1. The molecule has 0 saturated carbocycles. The summed E-state index contributed by atoms with van der Waals surface area (Å²) in [5, 5.41) is 8.74. The fraction of sp³-hybridized carbons (Fsp3) is 0.636. The van der Waals surface area contributed by atoms with Gasteiger partial charge in [0.2, 0.25) is 0 Å². The first-order chi connectivity index (χ1) is 7.68. The molecule has 0 bridgehead atoms. The second-order valence-corrected chi connectivity index (χ2v) is 4.12. The Hall–Kier alpha value is -1.36. The third kappa shape index (κ3) is 2.24. The second kappa shape index (κ2) is 4.65. The van der Waals surface area contributed by atoms with Crippen LogP contribution in [0.5, 0.6) is 0 Å². The van der Waals surface area contributed by atoms with E-state index in [1.807, 2.05) is 11.6 Å². The quantitative estimate of drug-likeness (QED) is 0.830. The van der Waals surface area contributed by atoms with E-state index < -0.39 is 5.97 Å². The lowest BCUT2D eigenvalue weighted by Crippen LogP contribution is -2.17. The summed E-state index contributed by atoms with van der Waals surface area (Å²) in [6, 6.07) is 0. The average Bonchev–Trinajstić information content (AvgIpc) is 2.61. The lowest BCUT2D eigenvalue weighted by Gasteiger charge is -2.22. The average molecular weight is 224 g/mol. The van der Waals surface area contributed by atoms with Gasteiger partial charge in [-0.15, -0.1) is 0 Å². The SMILES string of the molecule is Cn1c(C2CCOCC2)cnc1CC(=O)O. The number of hydrogen-bond donors (Lipinski definition) is 1. The molecule has 0 atom stereocenters. The van der Waals surface area contributed by atoms with Crippen molar-refractivity contribution in [3.63, 3.8) is 0 Å². The van der Waals surface area contributed by atoms with Crippen LogP contribution >= 0.6 is 0 Å². The molecule has 1 saturated heterocycles. The van der Waals surface area contributed by atoms with Crippen LogP contribution in [0.2, 0.25) is 0 Å². The first-order valence-corrected chi connectivity index (χ1v) is 5.48. The third-order valence-corrected chi connectivity index (χ3v) is 3.07. The van der Waals surface area contributed by atoms with Crippen LogP contribution in [0.3, 0.4) is 0 Å². The van der Waals surface area contributed by atoms with Crippen molar-refractivity contribution in [2.45, 2.75) is 25.2 Å². The van der Waals surface area contributed by atoms with E-state index in [0.29, 0.717) is 11.7 Å². The lowest BCUT2D eigenvalue weighted by molar-refractivity contribution is -0.136. The van der Waals surface area contributed by atoms with E-state index in [1.54, 1.807) is 6.20 Å². The van der Waals surface area contributed by atoms with Crippen molar-refractivity contribution in [2.75, 3.05) is 13.2 Å². The molecule has 16 heavy (non-hydrogen) atoms. The number of carboxylic acid groups (broad SMARTS) is 1. The molecule has 1 N–H and O–H groups in total. The Morgan fingerprint density at radius 2 is 2.31 bits per heavy atom. The Labute approximate surface area is 94.1 Å². The number of imidazole rings is 1. The van der Waals surface area contributed by atoms with Crippen LogP contribution in [-0.2, 0) is 23.0 Å². The van der Waals surface area contributed by atoms with Crippen molar-refractivity contribution in [3.05, 3.63) is 17.7 Å². The Morgan fingerprint density at radius 1 is 1.62 bits per heavy atom. The van der Waals surface area contributed by atoms with Gasteiger partial charge >= 0.3 is 5.97 Å². The predicted molar refractivity (Wildman–Crippen MR) is 57.3 cm³/mol. The van der Waals surface area contributed by atoms with Gasteiger partial charge in [-0.3, -0.25) is 4.79 Å². The molecule has 0 aromatic carbocycles. The van der Waals surface area contributed by atoms with Crippen molar-refractivity contribution in [2.24, 2.45) is 7.05 Å². The van der Waals surface area contributed by atoms with E-state index in [0.717, 1.165) is 31.7 Å². The molecule has 5 heteroatoms. The van der Waals surface area contributed by atoms with Gasteiger partial charge in [0.25, 0.3) is 0 Å². The van der Waals surface area contributed by atoms with Gasteiger partial charge in [0.15, 0.2) is 0 Å². The summed E-state index contributed by atoms with van der Waals surface area (Å²) in [6.07, 6.45) is 3.77. The highest BCUT2D eigenvalue weighted by molar-refractivity contribution is 5.69. The maximum Gasteiger partial charge on any atom is 0.311 e. The first-order valence-electron chi connectivity index (χ1n) is 5.48. The summed E-state index contributed by atoms with van der Waals surface area (Å²) in [5.41, 5.74) is 1.12. The molecule has 1 fully saturated rings. The second-order valence-electron chi connectivity index (χ2n) is 4.12. The normalized spacial score (nSPS) is 17.6. The molecule has 0 spiro atoms. The monoisotopic (exact) mass is 224 g/mol. The Kier molecular flexibility index (Phi) is 3.24. The summed E-state index contributed by atoms with van der Waals surface area (Å²) >= 11 is 0. The number of rotatable bonds is 3. The molecule has 0 amide bonds. The van der Waals surface area contributed by atoms with Crippen molar-refractivity contribution in [3.8, 4) is 0 Å². The van der Waals surface area contributed by atoms with Gasteiger partial charge in [0.1, 0.15) is 12.2 Å². The van der Waals surface area contributed by atoms with Gasteiger partial charge in [-0.05, 0) is 12.8 Å². The molecule has 0 radical (unpaired) electrons. The van der Waals surface area contributed by atoms with Gasteiger partial charge < -0.3 is 14.4 Å². The number of ether oxygens (including phenoxy) is 1. The molecule has 0 aliphatic carbocycles. The molecule has 1 aromatic heterocycles. The topological polar surface area (TPSA) is 64.4 Å². The van der Waals surface area contributed by atoms with Crippen molar-refractivity contribution in [1.29, 1.82) is 0 Å². The van der Waals surface area contributed by atoms with Crippen LogP contribution in [0.15, 0.2) is 6.20 Å². The lowest BCUT2D eigenvalue weighted by atomic mass is 9.97. The highest BCUT2D eigenvalue weighted by Gasteiger charge is 2.20. The third-order valence-electron chi connectivity index (χ3n) is 3.07. The molecule has 1 aromatic rings. The predicted octanol–water partition coefficient (Wildman–Crippen LogP) is 0.941. The Balaban J connectivity index is 2.15. The van der Waals surface area contributed by atoms with Crippen LogP contribution in [-0.4, -0.2) is 33.8 Å². The number of aliphatic carboxylic acids is 1. The Bertz CT molecular complexity index is 381. The highest BCUT2D eigenvalue weighted by Crippen LogP contribution is 2.26. The molecule has 0 unspecified atom stereocenters. The zero-order chi connectivity index (χ0) is 11.5. The molecule has 1 aliphatic rings. The molecule has 2 heterocycles. The number of carboxylic acids is 1. The van der Waals surface area contributed by atoms with E-state index in [-0.39, 0.29) is 6.42 Å². The molecule has 2 rings (SSSR count). The summed E-state index contributed by atoms with van der Waals surface area (Å²) in [4.78, 5) is 14.8. The van der Waals surface area contributed by atoms with Crippen LogP contribution in [0.4, 0.5) is 0 Å². The fourth-order valence-electron chi connectivity index (χ4n) is 2.13. The number of hydrogen-bond acceptors (Lipinski definition) is 3. The molecular weight excluding hydrogens is 208 g/mol. The molecule has 5 nitrogen and oxygen atoms in total. The van der Waals surface area contributed by atoms with E-state index >= 15 is 0 Å². The number of nitrogens with zero attached hydrogens (tertiary/aromatic N) is 2. The smallest absolute Gasteiger partial charge is 0.311 e. The minimum absolute atomic E-state index is 0.0142. The zero-order valence-electron chi connectivity index (χ0n) is 9.35. The summed E-state index contributed by atoms with van der Waals surface area (Å²) < 4.78 is 7.22. The summed E-state index contributed by atoms with van der Waals surface area (Å²) in [7, 11) is 1.88. The van der Waals surface area contributed by atoms with E-state index in [1.165, 1.54) is 0 Å². The minimum atomic E-state index is -0.841. The van der Waals surface area contributed by atoms with E-state index in [9.17, 15) is 4.79 Å². The Morgan fingerprint density at radius 3 is 2.94 bits per heavy atom. The maximum absolute atomic E-state index is 10.6. The summed E-state index contributed by atoms with van der Waals surface area (Å²) in [5.74, 6) is 0.231. The standard InChI is InChI=1S/C11H16N2O3/c1-13-9(8-2-4-16-5-3-8)7-12-10(13)6-11(14)15/h7-8H,2-6H2,1H3,(H,14,15). The molecule has 1 aliphatic heterocycles. The summed E-state index contributed by atoms with van der Waals surface area (Å²) in [6.45, 7) is 1.56. The minimum Gasteiger partial charge on any atom is -0.481 e. The van der Waals surface area contributed by atoms with E-state index in [2.05, 4.69) is 4.98 Å². The zero-order valence-corrected chi connectivity index (χ0v) is 9.35. The maximum atomic E-state index is 10.6. The van der Waals surface area contributed by atoms with Crippen molar-refractivity contribution in [1.82, 2.24) is 9.55 Å². The number of carbonyl (C=O) groups is 1. The van der Waals surface area contributed by atoms with Gasteiger partial charge in [0.05, 0.1) is 0 Å². The molecule has 88 valence electrons. The van der Waals surface area contributed by atoms with Crippen LogP contribution in [0, 0.1) is 0 Å². The highest BCUT2D eigenvalue weighted by atomic mass is 16.5. The fourth-order valence-corrected chi connectivity index (χ4v) is 2.13. The van der Waals surface area contributed by atoms with Gasteiger partial charge in [-0.1, -0.05) is 0 Å². The van der Waals surface area contributed by atoms with Gasteiger partial charge in [-0.2, -0.15) is 0 Å². The van der Waals surface area contributed by atoms with Crippen LogP contribution in [0.25, 0.3) is 0 Å². The van der Waals surface area contributed by atoms with Crippen molar-refractivity contribution >= 4 is 5.97 Å². The largest absolute Gasteiger partial charge is 0.481 e. The van der Waals surface area contributed by atoms with Crippen LogP contribution < -0.4 is 0 Å². The van der Waals surface area contributed by atoms with Gasteiger partial charge in [-0.25, -0.2) is 4.98 Å². The molecular formula is C11H16N2O3. The van der Waals surface area contributed by atoms with Crippen molar-refractivity contribution < 1.29 is 14.6 Å². The van der Waals surface area contributed by atoms with Gasteiger partial charge in [0, 0.05) is 38.1 Å². The number of aromatic nitrogens is 2. The van der Waals surface area contributed by atoms with Crippen LogP contribution in [0.1, 0.15) is 30.3 Å².